The smallest absolute Gasteiger partial charge is 0.311 e. The van der Waals surface area contributed by atoms with Gasteiger partial charge in [0.15, 0.2) is 0 Å². The molecule has 0 aromatic heterocycles. The van der Waals surface area contributed by atoms with Crippen LogP contribution in [0.5, 0.6) is 0 Å². The largest absolute Gasteiger partial charge is 0.481 e. The Labute approximate surface area is 131 Å². The first-order valence-corrected chi connectivity index (χ1v) is 7.61. The Morgan fingerprint density at radius 1 is 1.57 bits per heavy atom. The molecule has 0 aliphatic carbocycles. The van der Waals surface area contributed by atoms with Crippen LogP contribution < -0.4 is 4.90 Å². The average molecular weight is 357 g/mol. The third kappa shape index (κ3) is 3.02. The normalized spacial score (nSPS) is 22.1. The van der Waals surface area contributed by atoms with Crippen LogP contribution in [0.15, 0.2) is 22.7 Å². The number of carboxylic acid groups (broad SMARTS) is 1. The van der Waals surface area contributed by atoms with E-state index in [1.807, 2.05) is 11.8 Å². The maximum Gasteiger partial charge on any atom is 0.311 e. The van der Waals surface area contributed by atoms with Crippen LogP contribution in [-0.2, 0) is 4.79 Å². The number of carboxylic acids is 1. The van der Waals surface area contributed by atoms with Gasteiger partial charge in [-0.2, -0.15) is 0 Å². The minimum Gasteiger partial charge on any atom is -0.481 e. The predicted octanol–water partition coefficient (Wildman–Crippen LogP) is 3.44. The van der Waals surface area contributed by atoms with E-state index in [1.165, 1.54) is 12.1 Å². The highest BCUT2D eigenvalue weighted by molar-refractivity contribution is 9.10. The standard InChI is InChI=1S/C14H17BrN2O4/c1-2-14(13(18)19)6-3-7-16(9-14)12-5-4-10(17(20)21)8-11(12)15/h4-5,8H,2-3,6-7,9H2,1H3,(H,18,19). The molecule has 1 aliphatic heterocycles. The zero-order valence-corrected chi connectivity index (χ0v) is 13.3. The summed E-state index contributed by atoms with van der Waals surface area (Å²) in [5, 5.41) is 20.3. The van der Waals surface area contributed by atoms with Crippen LogP contribution in [-0.4, -0.2) is 29.1 Å². The predicted molar refractivity (Wildman–Crippen MR) is 82.6 cm³/mol. The molecule has 7 heteroatoms. The van der Waals surface area contributed by atoms with Crippen LogP contribution in [0.1, 0.15) is 26.2 Å². The molecule has 1 aliphatic rings. The first-order chi connectivity index (χ1) is 9.89. The lowest BCUT2D eigenvalue weighted by atomic mass is 9.77. The Kier molecular flexibility index (Phi) is 4.51. The van der Waals surface area contributed by atoms with E-state index in [9.17, 15) is 20.0 Å². The molecule has 1 fully saturated rings. The van der Waals surface area contributed by atoms with E-state index in [-0.39, 0.29) is 5.69 Å². The number of carbonyl (C=O) groups is 1. The van der Waals surface area contributed by atoms with Crippen LogP contribution in [0.4, 0.5) is 11.4 Å². The van der Waals surface area contributed by atoms with Crippen molar-refractivity contribution in [2.75, 3.05) is 18.0 Å². The van der Waals surface area contributed by atoms with Crippen molar-refractivity contribution >= 4 is 33.3 Å². The molecule has 1 N–H and O–H groups in total. The summed E-state index contributed by atoms with van der Waals surface area (Å²) in [6.45, 7) is 3.07. The lowest BCUT2D eigenvalue weighted by molar-refractivity contribution is -0.384. The summed E-state index contributed by atoms with van der Waals surface area (Å²) in [5.41, 5.74) is 0.0847. The number of nitro benzene ring substituents is 1. The van der Waals surface area contributed by atoms with Gasteiger partial charge in [-0.1, -0.05) is 6.92 Å². The van der Waals surface area contributed by atoms with Gasteiger partial charge in [0.05, 0.1) is 16.0 Å². The highest BCUT2D eigenvalue weighted by Crippen LogP contribution is 2.38. The zero-order valence-electron chi connectivity index (χ0n) is 11.7. The molecule has 1 aromatic rings. The van der Waals surface area contributed by atoms with Gasteiger partial charge >= 0.3 is 5.97 Å². The van der Waals surface area contributed by atoms with Gasteiger partial charge in [0, 0.05) is 29.7 Å². The van der Waals surface area contributed by atoms with Gasteiger partial charge in [-0.15, -0.1) is 0 Å². The maximum absolute atomic E-state index is 11.6. The van der Waals surface area contributed by atoms with Crippen molar-refractivity contribution in [1.29, 1.82) is 0 Å². The van der Waals surface area contributed by atoms with Crippen LogP contribution in [0, 0.1) is 15.5 Å². The fourth-order valence-corrected chi connectivity index (χ4v) is 3.44. The number of benzene rings is 1. The van der Waals surface area contributed by atoms with Gasteiger partial charge in [-0.3, -0.25) is 14.9 Å². The molecular formula is C14H17BrN2O4. The maximum atomic E-state index is 11.6. The molecule has 6 nitrogen and oxygen atoms in total. The molecule has 0 radical (unpaired) electrons. The number of piperidine rings is 1. The number of hydrogen-bond donors (Lipinski definition) is 1. The minimum atomic E-state index is -0.771. The van der Waals surface area contributed by atoms with E-state index in [2.05, 4.69) is 15.9 Å². The average Bonchev–Trinajstić information content (AvgIpc) is 2.46. The van der Waals surface area contributed by atoms with Crippen molar-refractivity contribution in [1.82, 2.24) is 0 Å². The lowest BCUT2D eigenvalue weighted by Crippen LogP contribution is -2.47. The highest BCUT2D eigenvalue weighted by atomic mass is 79.9. The molecule has 0 bridgehead atoms. The van der Waals surface area contributed by atoms with Gasteiger partial charge < -0.3 is 10.0 Å². The van der Waals surface area contributed by atoms with E-state index in [1.54, 1.807) is 6.07 Å². The summed E-state index contributed by atoms with van der Waals surface area (Å²) in [5.74, 6) is -0.771. The number of anilines is 1. The second-order valence-corrected chi connectivity index (χ2v) is 6.21. The summed E-state index contributed by atoms with van der Waals surface area (Å²) in [6, 6.07) is 4.58. The highest BCUT2D eigenvalue weighted by Gasteiger charge is 2.41. The topological polar surface area (TPSA) is 83.7 Å². The van der Waals surface area contributed by atoms with E-state index in [0.29, 0.717) is 23.9 Å². The molecule has 0 spiro atoms. The van der Waals surface area contributed by atoms with Crippen molar-refractivity contribution in [3.8, 4) is 0 Å². The van der Waals surface area contributed by atoms with E-state index < -0.39 is 16.3 Å². The molecule has 1 unspecified atom stereocenters. The number of nitrogens with zero attached hydrogens (tertiary/aromatic N) is 2. The number of aliphatic carboxylic acids is 1. The number of hydrogen-bond acceptors (Lipinski definition) is 4. The number of non-ortho nitro benzene ring substituents is 1. The summed E-state index contributed by atoms with van der Waals surface area (Å²) in [7, 11) is 0. The van der Waals surface area contributed by atoms with E-state index in [4.69, 9.17) is 0 Å². The molecule has 2 rings (SSSR count). The van der Waals surface area contributed by atoms with Crippen LogP contribution in [0.25, 0.3) is 0 Å². The van der Waals surface area contributed by atoms with Crippen LogP contribution in [0.2, 0.25) is 0 Å². The quantitative estimate of drug-likeness (QED) is 0.659. The Morgan fingerprint density at radius 2 is 2.29 bits per heavy atom. The van der Waals surface area contributed by atoms with Crippen molar-refractivity contribution in [3.05, 3.63) is 32.8 Å². The number of rotatable bonds is 4. The first kappa shape index (κ1) is 15.8. The van der Waals surface area contributed by atoms with Crippen molar-refractivity contribution in [2.24, 2.45) is 5.41 Å². The molecule has 0 saturated carbocycles. The fourth-order valence-electron chi connectivity index (χ4n) is 2.82. The Hall–Kier alpha value is -1.63. The second-order valence-electron chi connectivity index (χ2n) is 5.36. The Morgan fingerprint density at radius 3 is 2.81 bits per heavy atom. The minimum absolute atomic E-state index is 0.0163. The Balaban J connectivity index is 2.30. The van der Waals surface area contributed by atoms with Crippen molar-refractivity contribution in [2.45, 2.75) is 26.2 Å². The van der Waals surface area contributed by atoms with Gasteiger partial charge in [0.25, 0.3) is 5.69 Å². The van der Waals surface area contributed by atoms with Gasteiger partial charge in [0.1, 0.15) is 0 Å². The number of nitro groups is 1. The molecular weight excluding hydrogens is 340 g/mol. The SMILES string of the molecule is CCC1(C(=O)O)CCCN(c2ccc([N+](=O)[O-])cc2Br)C1. The van der Waals surface area contributed by atoms with E-state index >= 15 is 0 Å². The third-order valence-corrected chi connectivity index (χ3v) is 4.83. The second kappa shape index (κ2) is 6.01. The summed E-state index contributed by atoms with van der Waals surface area (Å²) >= 11 is 3.35. The Bertz CT molecular complexity index is 578. The summed E-state index contributed by atoms with van der Waals surface area (Å²) < 4.78 is 0.619. The summed E-state index contributed by atoms with van der Waals surface area (Å²) in [4.78, 5) is 23.9. The van der Waals surface area contributed by atoms with Crippen molar-refractivity contribution in [3.63, 3.8) is 0 Å². The van der Waals surface area contributed by atoms with Crippen molar-refractivity contribution < 1.29 is 14.8 Å². The fraction of sp³-hybridized carbons (Fsp3) is 0.500. The van der Waals surface area contributed by atoms with Crippen LogP contribution in [0.3, 0.4) is 0 Å². The molecule has 1 atom stereocenters. The zero-order chi connectivity index (χ0) is 15.6. The molecule has 1 heterocycles. The molecule has 0 amide bonds. The summed E-state index contributed by atoms with van der Waals surface area (Å²) in [6.07, 6.45) is 2.03. The molecule has 1 aromatic carbocycles. The van der Waals surface area contributed by atoms with Crippen LogP contribution >= 0.6 is 15.9 Å². The van der Waals surface area contributed by atoms with Gasteiger partial charge in [0.2, 0.25) is 0 Å². The van der Waals surface area contributed by atoms with Gasteiger partial charge in [-0.05, 0) is 41.3 Å². The molecule has 1 saturated heterocycles. The van der Waals surface area contributed by atoms with E-state index in [0.717, 1.165) is 18.7 Å². The monoisotopic (exact) mass is 356 g/mol. The third-order valence-electron chi connectivity index (χ3n) is 4.19. The van der Waals surface area contributed by atoms with Gasteiger partial charge in [-0.25, -0.2) is 0 Å². The first-order valence-electron chi connectivity index (χ1n) is 6.82. The molecule has 114 valence electrons. The molecule has 21 heavy (non-hydrogen) atoms. The number of halogens is 1. The lowest BCUT2D eigenvalue weighted by Gasteiger charge is -2.41.